The largest absolute Gasteiger partial charge is 0.469 e. The predicted molar refractivity (Wildman–Crippen MR) is 64.1 cm³/mol. The van der Waals surface area contributed by atoms with Gasteiger partial charge in [-0.05, 0) is 60.7 Å². The van der Waals surface area contributed by atoms with Crippen molar-refractivity contribution in [3.63, 3.8) is 0 Å². The number of esters is 1. The molecule has 3 fully saturated rings. The number of hydrogen-bond donors (Lipinski definition) is 0. The van der Waals surface area contributed by atoms with E-state index in [9.17, 15) is 4.79 Å². The van der Waals surface area contributed by atoms with Crippen molar-refractivity contribution in [1.82, 2.24) is 0 Å². The van der Waals surface area contributed by atoms with E-state index in [4.69, 9.17) is 4.74 Å². The van der Waals surface area contributed by atoms with Crippen LogP contribution in [0.15, 0.2) is 12.2 Å². The molecular formula is C15H20O2. The van der Waals surface area contributed by atoms with Crippen molar-refractivity contribution in [2.24, 2.45) is 41.4 Å². The van der Waals surface area contributed by atoms with Gasteiger partial charge in [0.1, 0.15) is 0 Å². The van der Waals surface area contributed by atoms with E-state index in [-0.39, 0.29) is 5.97 Å². The molecule has 2 heteroatoms. The fourth-order valence-corrected chi connectivity index (χ4v) is 5.69. The average molecular weight is 232 g/mol. The molecular weight excluding hydrogens is 212 g/mol. The smallest absolute Gasteiger partial charge is 0.305 e. The van der Waals surface area contributed by atoms with Crippen molar-refractivity contribution in [3.8, 4) is 0 Å². The molecule has 0 saturated heterocycles. The number of rotatable bonds is 2. The van der Waals surface area contributed by atoms with Crippen LogP contribution in [0, 0.1) is 41.4 Å². The van der Waals surface area contributed by atoms with Gasteiger partial charge in [0.05, 0.1) is 7.11 Å². The lowest BCUT2D eigenvalue weighted by molar-refractivity contribution is -0.142. The Morgan fingerprint density at radius 2 is 1.94 bits per heavy atom. The van der Waals surface area contributed by atoms with Crippen molar-refractivity contribution in [2.75, 3.05) is 7.11 Å². The maximum absolute atomic E-state index is 11.5. The number of allylic oxidation sites excluding steroid dienone is 2. The summed E-state index contributed by atoms with van der Waals surface area (Å²) in [7, 11) is 1.51. The number of methoxy groups -OCH3 is 1. The van der Waals surface area contributed by atoms with Gasteiger partial charge < -0.3 is 4.74 Å². The van der Waals surface area contributed by atoms with Gasteiger partial charge in [-0.2, -0.15) is 0 Å². The van der Waals surface area contributed by atoms with Gasteiger partial charge >= 0.3 is 5.97 Å². The summed E-state index contributed by atoms with van der Waals surface area (Å²) in [5.74, 6) is 5.99. The molecule has 0 aromatic heterocycles. The first kappa shape index (κ1) is 10.2. The molecule has 4 aliphatic rings. The van der Waals surface area contributed by atoms with Gasteiger partial charge in [0.15, 0.2) is 0 Å². The maximum Gasteiger partial charge on any atom is 0.305 e. The molecule has 7 unspecified atom stereocenters. The number of fused-ring (bicyclic) bond motifs is 9. The molecule has 0 aromatic carbocycles. The van der Waals surface area contributed by atoms with Gasteiger partial charge in [0.2, 0.25) is 0 Å². The van der Waals surface area contributed by atoms with Crippen molar-refractivity contribution in [1.29, 1.82) is 0 Å². The van der Waals surface area contributed by atoms with Crippen molar-refractivity contribution < 1.29 is 9.53 Å². The highest BCUT2D eigenvalue weighted by atomic mass is 16.5. The summed E-state index contributed by atoms with van der Waals surface area (Å²) < 4.78 is 4.84. The lowest BCUT2D eigenvalue weighted by Gasteiger charge is -2.36. The number of hydrogen-bond acceptors (Lipinski definition) is 2. The SMILES string of the molecule is COC(=O)CC1CC2CC1C1C3C=CC(C3)C21. The molecule has 92 valence electrons. The van der Waals surface area contributed by atoms with E-state index in [2.05, 4.69) is 12.2 Å². The summed E-state index contributed by atoms with van der Waals surface area (Å²) in [4.78, 5) is 11.5. The highest BCUT2D eigenvalue weighted by Gasteiger charge is 2.60. The second-order valence-corrected chi connectivity index (χ2v) is 6.54. The third-order valence-electron chi connectivity index (χ3n) is 6.06. The lowest BCUT2D eigenvalue weighted by Crippen LogP contribution is -2.32. The molecule has 0 aromatic rings. The molecule has 17 heavy (non-hydrogen) atoms. The van der Waals surface area contributed by atoms with Crippen LogP contribution in [0.1, 0.15) is 25.7 Å². The molecule has 4 aliphatic carbocycles. The molecule has 0 amide bonds. The van der Waals surface area contributed by atoms with Crippen LogP contribution in [0.25, 0.3) is 0 Å². The Kier molecular flexibility index (Phi) is 2.01. The molecule has 7 atom stereocenters. The summed E-state index contributed by atoms with van der Waals surface area (Å²) in [5, 5.41) is 0. The average Bonchev–Trinajstić information content (AvgIpc) is 3.06. The van der Waals surface area contributed by atoms with Crippen LogP contribution in [-0.4, -0.2) is 13.1 Å². The third-order valence-corrected chi connectivity index (χ3v) is 6.06. The molecule has 0 aliphatic heterocycles. The van der Waals surface area contributed by atoms with Crippen molar-refractivity contribution >= 4 is 5.97 Å². The second-order valence-electron chi connectivity index (χ2n) is 6.54. The molecule has 0 spiro atoms. The van der Waals surface area contributed by atoms with Crippen LogP contribution in [0.5, 0.6) is 0 Å². The van der Waals surface area contributed by atoms with Gasteiger partial charge in [-0.1, -0.05) is 12.2 Å². The van der Waals surface area contributed by atoms with Crippen LogP contribution < -0.4 is 0 Å². The Morgan fingerprint density at radius 3 is 2.71 bits per heavy atom. The monoisotopic (exact) mass is 232 g/mol. The zero-order valence-corrected chi connectivity index (χ0v) is 10.3. The van der Waals surface area contributed by atoms with E-state index in [0.717, 1.165) is 35.5 Å². The normalized spacial score (nSPS) is 53.1. The highest BCUT2D eigenvalue weighted by Crippen LogP contribution is 2.67. The van der Waals surface area contributed by atoms with E-state index in [1.807, 2.05) is 0 Å². The Hall–Kier alpha value is -0.790. The number of ether oxygens (including phenoxy) is 1. The van der Waals surface area contributed by atoms with Gasteiger partial charge in [-0.15, -0.1) is 0 Å². The van der Waals surface area contributed by atoms with E-state index < -0.39 is 0 Å². The summed E-state index contributed by atoms with van der Waals surface area (Å²) in [6, 6.07) is 0. The quantitative estimate of drug-likeness (QED) is 0.415. The van der Waals surface area contributed by atoms with Crippen LogP contribution >= 0.6 is 0 Å². The maximum atomic E-state index is 11.5. The minimum absolute atomic E-state index is 0.00204. The van der Waals surface area contributed by atoms with Gasteiger partial charge in [0, 0.05) is 6.42 Å². The third kappa shape index (κ3) is 1.24. The summed E-state index contributed by atoms with van der Waals surface area (Å²) in [5.41, 5.74) is 0. The summed E-state index contributed by atoms with van der Waals surface area (Å²) >= 11 is 0. The van der Waals surface area contributed by atoms with Gasteiger partial charge in [-0.25, -0.2) is 0 Å². The van der Waals surface area contributed by atoms with E-state index >= 15 is 0 Å². The Balaban J connectivity index is 1.55. The molecule has 0 radical (unpaired) electrons. The number of carbonyl (C=O) groups excluding carboxylic acids is 1. The highest BCUT2D eigenvalue weighted by molar-refractivity contribution is 5.69. The fraction of sp³-hybridized carbons (Fsp3) is 0.800. The zero-order chi connectivity index (χ0) is 11.6. The molecule has 3 saturated carbocycles. The Labute approximate surface area is 102 Å². The number of carbonyl (C=O) groups is 1. The summed E-state index contributed by atoms with van der Waals surface area (Å²) in [6.45, 7) is 0. The summed E-state index contributed by atoms with van der Waals surface area (Å²) in [6.07, 6.45) is 9.70. The van der Waals surface area contributed by atoms with Crippen molar-refractivity contribution in [2.45, 2.75) is 25.7 Å². The minimum atomic E-state index is -0.00204. The first-order chi connectivity index (χ1) is 8.28. The minimum Gasteiger partial charge on any atom is -0.469 e. The predicted octanol–water partition coefficient (Wildman–Crippen LogP) is 2.64. The Bertz CT molecular complexity index is 386. The first-order valence-electron chi connectivity index (χ1n) is 7.03. The van der Waals surface area contributed by atoms with Crippen LogP contribution in [0.4, 0.5) is 0 Å². The topological polar surface area (TPSA) is 26.3 Å². The van der Waals surface area contributed by atoms with Gasteiger partial charge in [-0.3, -0.25) is 4.79 Å². The standard InChI is InChI=1S/C15H20O2/c1-17-13(16)7-10-5-11-6-12(10)15-9-3-2-8(4-9)14(11)15/h2-3,8-12,14-15H,4-7H2,1H3. The van der Waals surface area contributed by atoms with E-state index in [1.54, 1.807) is 0 Å². The fourth-order valence-electron chi connectivity index (χ4n) is 5.69. The van der Waals surface area contributed by atoms with E-state index in [1.165, 1.54) is 26.4 Å². The van der Waals surface area contributed by atoms with Crippen molar-refractivity contribution in [3.05, 3.63) is 12.2 Å². The second kappa shape index (κ2) is 3.37. The molecule has 0 N–H and O–H groups in total. The molecule has 2 nitrogen and oxygen atoms in total. The first-order valence-corrected chi connectivity index (χ1v) is 7.03. The molecule has 0 heterocycles. The zero-order valence-electron chi connectivity index (χ0n) is 10.3. The van der Waals surface area contributed by atoms with Crippen LogP contribution in [0.2, 0.25) is 0 Å². The molecule has 4 rings (SSSR count). The molecule has 4 bridgehead atoms. The van der Waals surface area contributed by atoms with E-state index in [0.29, 0.717) is 12.3 Å². The van der Waals surface area contributed by atoms with Gasteiger partial charge in [0.25, 0.3) is 0 Å². The van der Waals surface area contributed by atoms with Crippen LogP contribution in [-0.2, 0) is 9.53 Å². The van der Waals surface area contributed by atoms with Crippen LogP contribution in [0.3, 0.4) is 0 Å². The Morgan fingerprint density at radius 1 is 1.18 bits per heavy atom. The lowest BCUT2D eigenvalue weighted by atomic mass is 9.69.